The number of aryl methyl sites for hydroxylation is 1. The lowest BCUT2D eigenvalue weighted by atomic mass is 9.75. The summed E-state index contributed by atoms with van der Waals surface area (Å²) >= 11 is 0. The summed E-state index contributed by atoms with van der Waals surface area (Å²) < 4.78 is 6.11. The van der Waals surface area contributed by atoms with Gasteiger partial charge in [0, 0.05) is 23.5 Å². The zero-order valence-electron chi connectivity index (χ0n) is 21.6. The van der Waals surface area contributed by atoms with Crippen LogP contribution in [0.4, 0.5) is 0 Å². The second-order valence-corrected chi connectivity index (χ2v) is 10.7. The zero-order valence-corrected chi connectivity index (χ0v) is 21.6. The third kappa shape index (κ3) is 6.31. The summed E-state index contributed by atoms with van der Waals surface area (Å²) in [7, 11) is 0. The molecule has 190 valence electrons. The van der Waals surface area contributed by atoms with Crippen LogP contribution in [-0.4, -0.2) is 36.2 Å². The molecule has 2 aliphatic heterocycles. The van der Waals surface area contributed by atoms with E-state index in [0.717, 1.165) is 17.7 Å². The summed E-state index contributed by atoms with van der Waals surface area (Å²) in [5.41, 5.74) is 5.21. The van der Waals surface area contributed by atoms with Crippen molar-refractivity contribution in [3.05, 3.63) is 95.1 Å². The number of phenolic OH excluding ortho intramolecular Hbond substituents is 1. The van der Waals surface area contributed by atoms with Gasteiger partial charge in [-0.1, -0.05) is 86.3 Å². The second kappa shape index (κ2) is 12.5. The van der Waals surface area contributed by atoms with Gasteiger partial charge in [0.2, 0.25) is 0 Å². The maximum absolute atomic E-state index is 9.99. The van der Waals surface area contributed by atoms with Crippen LogP contribution in [0.15, 0.2) is 72.8 Å². The number of aromatic hydroxyl groups is 1. The standard InChI is InChI=1S/C33H41NO2/c35-29-19-20-30-32(24-29)36-25-31(27-13-7-5-8-14-27)33(30)28-17-15-26(16-18-28)12-6-3-1-2-4-9-21-34-22-10-11-23-34/h5,7-8,13-20,24,31,33,35H,1-4,6,9-12,21-23,25H2/t31-,33?/m1/s1. The fourth-order valence-corrected chi connectivity index (χ4v) is 6.07. The summed E-state index contributed by atoms with van der Waals surface area (Å²) in [5.74, 6) is 1.52. The number of fused-ring (bicyclic) bond motifs is 1. The van der Waals surface area contributed by atoms with Crippen molar-refractivity contribution in [3.63, 3.8) is 0 Å². The van der Waals surface area contributed by atoms with Crippen molar-refractivity contribution in [2.45, 2.75) is 69.6 Å². The first kappa shape index (κ1) is 24.9. The average Bonchev–Trinajstić information content (AvgIpc) is 3.44. The Morgan fingerprint density at radius 3 is 2.25 bits per heavy atom. The molecule has 3 heteroatoms. The molecule has 1 unspecified atom stereocenters. The lowest BCUT2D eigenvalue weighted by Gasteiger charge is -2.34. The molecule has 1 fully saturated rings. The maximum Gasteiger partial charge on any atom is 0.126 e. The summed E-state index contributed by atoms with van der Waals surface area (Å²) in [6.07, 6.45) is 12.1. The summed E-state index contributed by atoms with van der Waals surface area (Å²) in [6.45, 7) is 4.59. The number of hydrogen-bond donors (Lipinski definition) is 1. The first-order valence-electron chi connectivity index (χ1n) is 14.1. The van der Waals surface area contributed by atoms with Crippen LogP contribution in [0.2, 0.25) is 0 Å². The Labute approximate surface area is 217 Å². The van der Waals surface area contributed by atoms with Crippen LogP contribution < -0.4 is 4.74 Å². The molecule has 0 bridgehead atoms. The molecule has 36 heavy (non-hydrogen) atoms. The largest absolute Gasteiger partial charge is 0.508 e. The van der Waals surface area contributed by atoms with Gasteiger partial charge in [0.1, 0.15) is 11.5 Å². The van der Waals surface area contributed by atoms with Crippen LogP contribution in [0.25, 0.3) is 0 Å². The Morgan fingerprint density at radius 2 is 1.47 bits per heavy atom. The van der Waals surface area contributed by atoms with Crippen molar-refractivity contribution in [2.24, 2.45) is 0 Å². The van der Waals surface area contributed by atoms with Crippen molar-refractivity contribution in [1.82, 2.24) is 4.90 Å². The van der Waals surface area contributed by atoms with Crippen molar-refractivity contribution in [1.29, 1.82) is 0 Å². The molecule has 3 aromatic carbocycles. The van der Waals surface area contributed by atoms with E-state index in [4.69, 9.17) is 4.74 Å². The molecule has 5 rings (SSSR count). The van der Waals surface area contributed by atoms with E-state index in [0.29, 0.717) is 6.61 Å². The molecule has 1 N–H and O–H groups in total. The first-order valence-corrected chi connectivity index (χ1v) is 14.1. The zero-order chi connectivity index (χ0) is 24.6. The minimum absolute atomic E-state index is 0.214. The molecule has 3 nitrogen and oxygen atoms in total. The quantitative estimate of drug-likeness (QED) is 0.284. The SMILES string of the molecule is Oc1ccc2c(c1)OC[C@H](c1ccccc1)C2c1ccc(CCCCCCCCN2CCCC2)cc1. The van der Waals surface area contributed by atoms with Gasteiger partial charge >= 0.3 is 0 Å². The molecule has 0 aromatic heterocycles. The minimum atomic E-state index is 0.214. The van der Waals surface area contributed by atoms with E-state index in [9.17, 15) is 5.11 Å². The number of hydrogen-bond acceptors (Lipinski definition) is 3. The number of phenols is 1. The van der Waals surface area contributed by atoms with Gasteiger partial charge in [0.25, 0.3) is 0 Å². The molecule has 2 heterocycles. The number of ether oxygens (including phenoxy) is 1. The highest BCUT2D eigenvalue weighted by Crippen LogP contribution is 2.46. The van der Waals surface area contributed by atoms with Crippen molar-refractivity contribution in [2.75, 3.05) is 26.2 Å². The lowest BCUT2D eigenvalue weighted by Crippen LogP contribution is -2.25. The first-order chi connectivity index (χ1) is 17.8. The Kier molecular flexibility index (Phi) is 8.61. The van der Waals surface area contributed by atoms with E-state index in [1.54, 1.807) is 12.1 Å². The van der Waals surface area contributed by atoms with Crippen LogP contribution in [-0.2, 0) is 6.42 Å². The highest BCUT2D eigenvalue weighted by Gasteiger charge is 2.33. The normalized spacial score (nSPS) is 19.7. The van der Waals surface area contributed by atoms with Crippen molar-refractivity contribution < 1.29 is 9.84 Å². The number of likely N-dealkylation sites (tertiary alicyclic amines) is 1. The molecule has 0 radical (unpaired) electrons. The summed E-state index contributed by atoms with van der Waals surface area (Å²) in [5, 5.41) is 9.99. The molecule has 2 aliphatic rings. The van der Waals surface area contributed by atoms with Crippen LogP contribution in [0.3, 0.4) is 0 Å². The average molecular weight is 484 g/mol. The Hall–Kier alpha value is -2.78. The predicted molar refractivity (Wildman–Crippen MR) is 148 cm³/mol. The molecule has 3 aromatic rings. The van der Waals surface area contributed by atoms with Gasteiger partial charge in [0.05, 0.1) is 6.61 Å². The van der Waals surface area contributed by atoms with Crippen LogP contribution >= 0.6 is 0 Å². The number of rotatable bonds is 11. The van der Waals surface area contributed by atoms with Gasteiger partial charge in [-0.25, -0.2) is 0 Å². The van der Waals surface area contributed by atoms with Crippen molar-refractivity contribution in [3.8, 4) is 11.5 Å². The molecule has 0 saturated carbocycles. The highest BCUT2D eigenvalue weighted by atomic mass is 16.5. The van der Waals surface area contributed by atoms with Gasteiger partial charge < -0.3 is 14.7 Å². The smallest absolute Gasteiger partial charge is 0.126 e. The summed E-state index contributed by atoms with van der Waals surface area (Å²) in [4.78, 5) is 2.63. The lowest BCUT2D eigenvalue weighted by molar-refractivity contribution is 0.248. The monoisotopic (exact) mass is 483 g/mol. The van der Waals surface area contributed by atoms with Gasteiger partial charge in [0.15, 0.2) is 0 Å². The molecule has 0 spiro atoms. The van der Waals surface area contributed by atoms with Crippen LogP contribution in [0.1, 0.15) is 85.5 Å². The van der Waals surface area contributed by atoms with E-state index in [-0.39, 0.29) is 17.6 Å². The van der Waals surface area contributed by atoms with E-state index >= 15 is 0 Å². The highest BCUT2D eigenvalue weighted by molar-refractivity contribution is 5.50. The Morgan fingerprint density at radius 1 is 0.750 bits per heavy atom. The third-order valence-electron chi connectivity index (χ3n) is 8.11. The minimum Gasteiger partial charge on any atom is -0.508 e. The van der Waals surface area contributed by atoms with Gasteiger partial charge in [-0.2, -0.15) is 0 Å². The third-order valence-corrected chi connectivity index (χ3v) is 8.11. The van der Waals surface area contributed by atoms with Crippen LogP contribution in [0, 0.1) is 0 Å². The topological polar surface area (TPSA) is 32.7 Å². The van der Waals surface area contributed by atoms with Gasteiger partial charge in [-0.15, -0.1) is 0 Å². The Balaban J connectivity index is 1.15. The predicted octanol–water partition coefficient (Wildman–Crippen LogP) is 7.68. The molecule has 0 aliphatic carbocycles. The van der Waals surface area contributed by atoms with Crippen molar-refractivity contribution >= 4 is 0 Å². The fraction of sp³-hybridized carbons (Fsp3) is 0.455. The molecular formula is C33H41NO2. The van der Waals surface area contributed by atoms with Gasteiger partial charge in [-0.05, 0) is 74.5 Å². The van der Waals surface area contributed by atoms with Gasteiger partial charge in [-0.3, -0.25) is 0 Å². The second-order valence-electron chi connectivity index (χ2n) is 10.7. The number of benzene rings is 3. The van der Waals surface area contributed by atoms with Crippen LogP contribution in [0.5, 0.6) is 11.5 Å². The molecule has 2 atom stereocenters. The Bertz CT molecular complexity index is 1070. The van der Waals surface area contributed by atoms with E-state index in [1.165, 1.54) is 87.7 Å². The molecule has 0 amide bonds. The summed E-state index contributed by atoms with van der Waals surface area (Å²) in [6, 6.07) is 25.5. The maximum atomic E-state index is 9.99. The fourth-order valence-electron chi connectivity index (χ4n) is 6.07. The number of nitrogens with zero attached hydrogens (tertiary/aromatic N) is 1. The van der Waals surface area contributed by atoms with E-state index in [2.05, 4.69) is 59.5 Å². The molecular weight excluding hydrogens is 442 g/mol. The van der Waals surface area contributed by atoms with E-state index in [1.807, 2.05) is 6.07 Å². The van der Waals surface area contributed by atoms with E-state index < -0.39 is 0 Å². The molecule has 1 saturated heterocycles. The number of unbranched alkanes of at least 4 members (excludes halogenated alkanes) is 5.